The summed E-state index contributed by atoms with van der Waals surface area (Å²) in [6.07, 6.45) is 3.84. The van der Waals surface area contributed by atoms with Crippen LogP contribution in [0.3, 0.4) is 0 Å². The zero-order chi connectivity index (χ0) is 26.2. The number of nitrogens with zero attached hydrogens (tertiary/aromatic N) is 5. The van der Waals surface area contributed by atoms with Gasteiger partial charge in [0.05, 0.1) is 31.2 Å². The molecule has 196 valence electrons. The van der Waals surface area contributed by atoms with Gasteiger partial charge in [0.15, 0.2) is 0 Å². The Hall–Kier alpha value is -3.56. The van der Waals surface area contributed by atoms with Crippen molar-refractivity contribution in [2.75, 3.05) is 26.2 Å². The molecule has 1 saturated heterocycles. The van der Waals surface area contributed by atoms with E-state index in [-0.39, 0.29) is 11.8 Å². The number of amides is 1. The first-order valence-corrected chi connectivity index (χ1v) is 14.0. The molecule has 0 bridgehead atoms. The Morgan fingerprint density at radius 1 is 1.08 bits per heavy atom. The Morgan fingerprint density at radius 3 is 2.63 bits per heavy atom. The molecule has 1 N–H and O–H groups in total. The first kappa shape index (κ1) is 24.8. The van der Waals surface area contributed by atoms with Gasteiger partial charge in [0, 0.05) is 34.3 Å². The minimum Gasteiger partial charge on any atom is -0.481 e. The van der Waals surface area contributed by atoms with Gasteiger partial charge in [-0.2, -0.15) is 0 Å². The zero-order valence-corrected chi connectivity index (χ0v) is 22.3. The van der Waals surface area contributed by atoms with Crippen LogP contribution in [-0.2, 0) is 29.1 Å². The van der Waals surface area contributed by atoms with Gasteiger partial charge in [-0.25, -0.2) is 9.97 Å². The molecule has 0 radical (unpaired) electrons. The Bertz CT molecular complexity index is 1490. The number of carboxylic acid groups (broad SMARTS) is 1. The summed E-state index contributed by atoms with van der Waals surface area (Å²) in [5.41, 5.74) is 5.53. The summed E-state index contributed by atoms with van der Waals surface area (Å²) < 4.78 is 2.28. The molecule has 3 aromatic heterocycles. The predicted octanol–water partition coefficient (Wildman–Crippen LogP) is 4.20. The smallest absolute Gasteiger partial charge is 0.306 e. The number of piperidine rings is 1. The van der Waals surface area contributed by atoms with Gasteiger partial charge in [-0.15, -0.1) is 11.3 Å². The normalized spacial score (nSPS) is 16.6. The third-order valence-corrected chi connectivity index (χ3v) is 9.07. The molecule has 38 heavy (non-hydrogen) atoms. The maximum Gasteiger partial charge on any atom is 0.306 e. The lowest BCUT2D eigenvalue weighted by Gasteiger charge is -2.33. The fourth-order valence-electron chi connectivity index (χ4n) is 5.70. The Kier molecular flexibility index (Phi) is 6.71. The molecule has 0 spiro atoms. The Morgan fingerprint density at radius 2 is 1.87 bits per heavy atom. The van der Waals surface area contributed by atoms with E-state index in [9.17, 15) is 14.7 Å². The van der Waals surface area contributed by atoms with E-state index in [0.29, 0.717) is 52.1 Å². The standard InChI is InChI=1S/C29H31N5O3S/c1-19-25(38-28(31-19)20-6-3-2-4-7-20)17-34-24-16-33(15-11-22(24)23-8-5-12-30-27(23)34)26(35)18-32-13-9-21(10-14-32)29(36)37/h2-8,12,21H,9-11,13-18H2,1H3,(H,36,37). The molecule has 8 nitrogen and oxygen atoms in total. The second-order valence-corrected chi connectivity index (χ2v) is 11.3. The van der Waals surface area contributed by atoms with E-state index in [4.69, 9.17) is 9.97 Å². The number of hydrogen-bond donors (Lipinski definition) is 1. The number of benzene rings is 1. The first-order chi connectivity index (χ1) is 18.5. The van der Waals surface area contributed by atoms with Crippen LogP contribution in [0.15, 0.2) is 48.7 Å². The van der Waals surface area contributed by atoms with Crippen LogP contribution in [0.1, 0.15) is 34.7 Å². The van der Waals surface area contributed by atoms with Crippen molar-refractivity contribution in [1.29, 1.82) is 0 Å². The maximum atomic E-state index is 13.3. The van der Waals surface area contributed by atoms with Crippen molar-refractivity contribution >= 4 is 34.2 Å². The number of aromatic nitrogens is 3. The molecule has 2 aliphatic rings. The molecule has 1 aromatic carbocycles. The molecule has 2 aliphatic heterocycles. The van der Waals surface area contributed by atoms with Gasteiger partial charge in [0.1, 0.15) is 10.7 Å². The average Bonchev–Trinajstić information content (AvgIpc) is 3.47. The summed E-state index contributed by atoms with van der Waals surface area (Å²) in [4.78, 5) is 39.5. The summed E-state index contributed by atoms with van der Waals surface area (Å²) >= 11 is 1.71. The van der Waals surface area contributed by atoms with Gasteiger partial charge in [0.25, 0.3) is 0 Å². The molecule has 5 heterocycles. The maximum absolute atomic E-state index is 13.3. The zero-order valence-electron chi connectivity index (χ0n) is 21.5. The van der Waals surface area contributed by atoms with E-state index >= 15 is 0 Å². The van der Waals surface area contributed by atoms with Gasteiger partial charge in [-0.1, -0.05) is 30.3 Å². The lowest BCUT2D eigenvalue weighted by Crippen LogP contribution is -2.45. The van der Waals surface area contributed by atoms with Crippen molar-refractivity contribution in [2.24, 2.45) is 5.92 Å². The van der Waals surface area contributed by atoms with Crippen LogP contribution < -0.4 is 0 Å². The summed E-state index contributed by atoms with van der Waals surface area (Å²) in [6, 6.07) is 14.4. The summed E-state index contributed by atoms with van der Waals surface area (Å²) in [5.74, 6) is -0.915. The summed E-state index contributed by atoms with van der Waals surface area (Å²) in [7, 11) is 0. The van der Waals surface area contributed by atoms with Crippen molar-refractivity contribution in [3.8, 4) is 10.6 Å². The van der Waals surface area contributed by atoms with Crippen molar-refractivity contribution in [3.63, 3.8) is 0 Å². The molecular weight excluding hydrogens is 498 g/mol. The first-order valence-electron chi connectivity index (χ1n) is 13.2. The monoisotopic (exact) mass is 529 g/mol. The van der Waals surface area contributed by atoms with Crippen LogP contribution in [0.5, 0.6) is 0 Å². The highest BCUT2D eigenvalue weighted by atomic mass is 32.1. The molecule has 9 heteroatoms. The number of carbonyl (C=O) groups excluding carboxylic acids is 1. The number of fused-ring (bicyclic) bond motifs is 3. The van der Waals surface area contributed by atoms with Crippen molar-refractivity contribution < 1.29 is 14.7 Å². The quantitative estimate of drug-likeness (QED) is 0.403. The molecule has 1 fully saturated rings. The molecular formula is C29H31N5O3S. The van der Waals surface area contributed by atoms with Crippen LogP contribution in [0.25, 0.3) is 21.6 Å². The van der Waals surface area contributed by atoms with Crippen molar-refractivity contribution in [1.82, 2.24) is 24.3 Å². The van der Waals surface area contributed by atoms with Crippen LogP contribution in [-0.4, -0.2) is 67.5 Å². The Labute approximate surface area is 225 Å². The van der Waals surface area contributed by atoms with Crippen LogP contribution in [0.4, 0.5) is 0 Å². The fourth-order valence-corrected chi connectivity index (χ4v) is 6.75. The number of aryl methyl sites for hydroxylation is 1. The van der Waals surface area contributed by atoms with Gasteiger partial charge >= 0.3 is 5.97 Å². The van der Waals surface area contributed by atoms with E-state index in [0.717, 1.165) is 39.4 Å². The molecule has 1 amide bonds. The molecule has 6 rings (SSSR count). The SMILES string of the molecule is Cc1nc(-c2ccccc2)sc1Cn1c2c(c3cccnc31)CCN(C(=O)CN1CCC(C(=O)O)CC1)C2. The van der Waals surface area contributed by atoms with E-state index < -0.39 is 5.97 Å². The van der Waals surface area contributed by atoms with Crippen LogP contribution in [0, 0.1) is 12.8 Å². The topological polar surface area (TPSA) is 91.6 Å². The van der Waals surface area contributed by atoms with Gasteiger partial charge in [-0.3, -0.25) is 14.5 Å². The lowest BCUT2D eigenvalue weighted by molar-refractivity contribution is -0.143. The van der Waals surface area contributed by atoms with E-state index in [1.807, 2.05) is 35.4 Å². The van der Waals surface area contributed by atoms with Crippen LogP contribution in [0.2, 0.25) is 0 Å². The minimum absolute atomic E-state index is 0.106. The molecule has 4 aromatic rings. The second kappa shape index (κ2) is 10.3. The molecule has 0 aliphatic carbocycles. The van der Waals surface area contributed by atoms with Crippen molar-refractivity contribution in [3.05, 3.63) is 70.5 Å². The molecule has 0 atom stereocenters. The molecule has 0 unspecified atom stereocenters. The number of rotatable bonds is 6. The fraction of sp³-hybridized carbons (Fsp3) is 0.379. The number of hydrogen-bond acceptors (Lipinski definition) is 6. The van der Waals surface area contributed by atoms with Crippen molar-refractivity contribution in [2.45, 2.75) is 39.3 Å². The highest BCUT2D eigenvalue weighted by Crippen LogP contribution is 2.34. The van der Waals surface area contributed by atoms with Gasteiger partial charge < -0.3 is 14.6 Å². The summed E-state index contributed by atoms with van der Waals surface area (Å²) in [5, 5.41) is 11.4. The number of thiazole rings is 1. The third-order valence-electron chi connectivity index (χ3n) is 7.88. The highest BCUT2D eigenvalue weighted by Gasteiger charge is 2.30. The predicted molar refractivity (Wildman–Crippen MR) is 147 cm³/mol. The van der Waals surface area contributed by atoms with Gasteiger partial charge in [0.2, 0.25) is 5.91 Å². The summed E-state index contributed by atoms with van der Waals surface area (Å²) in [6.45, 7) is 5.62. The van der Waals surface area contributed by atoms with Crippen LogP contribution >= 0.6 is 11.3 Å². The largest absolute Gasteiger partial charge is 0.481 e. The number of aliphatic carboxylic acids is 1. The third kappa shape index (κ3) is 4.72. The average molecular weight is 530 g/mol. The molecule has 0 saturated carbocycles. The van der Waals surface area contributed by atoms with E-state index in [2.05, 4.69) is 34.6 Å². The number of carboxylic acids is 1. The number of carbonyl (C=O) groups is 2. The van der Waals surface area contributed by atoms with E-state index in [1.54, 1.807) is 11.3 Å². The van der Waals surface area contributed by atoms with Gasteiger partial charge in [-0.05, 0) is 57.0 Å². The Balaban J connectivity index is 1.24. The highest BCUT2D eigenvalue weighted by molar-refractivity contribution is 7.15. The minimum atomic E-state index is -0.729. The number of likely N-dealkylation sites (tertiary alicyclic amines) is 1. The lowest BCUT2D eigenvalue weighted by atomic mass is 9.97. The second-order valence-electron chi connectivity index (χ2n) is 10.2. The number of pyridine rings is 1. The van der Waals surface area contributed by atoms with E-state index in [1.165, 1.54) is 10.4 Å².